The summed E-state index contributed by atoms with van der Waals surface area (Å²) in [4.78, 5) is -0.295. The van der Waals surface area contributed by atoms with Gasteiger partial charge in [-0.2, -0.15) is 0 Å². The van der Waals surface area contributed by atoms with Crippen molar-refractivity contribution in [3.05, 3.63) is 65.5 Å². The van der Waals surface area contributed by atoms with Crippen LogP contribution in [0.4, 0.5) is 4.39 Å². The van der Waals surface area contributed by atoms with Crippen LogP contribution in [0.2, 0.25) is 0 Å². The lowest BCUT2D eigenvalue weighted by Gasteiger charge is -2.13. The van der Waals surface area contributed by atoms with Crippen molar-refractivity contribution in [2.24, 2.45) is 0 Å². The number of nitrogens with one attached hydrogen (secondary N) is 1. The zero-order chi connectivity index (χ0) is 14.2. The van der Waals surface area contributed by atoms with Crippen molar-refractivity contribution in [3.8, 4) is 0 Å². The van der Waals surface area contributed by atoms with Gasteiger partial charge in [0.15, 0.2) is 0 Å². The fraction of sp³-hybridized carbons (Fsp3) is 0.200. The Hall–Kier alpha value is -1.72. The molecule has 0 saturated carbocycles. The molecule has 5 heteroatoms. The standard InChI is InChI=1S/C15H14FNO2S/c16-14-7-3-4-8-15(14)20(18,19)17-13-9-11-5-1-2-6-12(11)10-13/h1-8,13,17H,9-10H2. The zero-order valence-corrected chi connectivity index (χ0v) is 11.5. The Balaban J connectivity index is 1.81. The Morgan fingerprint density at radius 2 is 1.50 bits per heavy atom. The summed E-state index contributed by atoms with van der Waals surface area (Å²) < 4.78 is 40.6. The van der Waals surface area contributed by atoms with Gasteiger partial charge >= 0.3 is 0 Å². The van der Waals surface area contributed by atoms with E-state index in [1.165, 1.54) is 18.2 Å². The number of benzene rings is 2. The maximum Gasteiger partial charge on any atom is 0.243 e. The highest BCUT2D eigenvalue weighted by molar-refractivity contribution is 7.89. The van der Waals surface area contributed by atoms with Gasteiger partial charge in [0, 0.05) is 6.04 Å². The molecular weight excluding hydrogens is 277 g/mol. The van der Waals surface area contributed by atoms with E-state index in [-0.39, 0.29) is 10.9 Å². The number of sulfonamides is 1. The van der Waals surface area contributed by atoms with E-state index in [1.807, 2.05) is 24.3 Å². The fourth-order valence-corrected chi connectivity index (χ4v) is 3.90. The van der Waals surface area contributed by atoms with Crippen LogP contribution in [0, 0.1) is 5.82 Å². The number of rotatable bonds is 3. The van der Waals surface area contributed by atoms with E-state index in [2.05, 4.69) is 4.72 Å². The lowest BCUT2D eigenvalue weighted by atomic mass is 10.1. The van der Waals surface area contributed by atoms with Crippen LogP contribution in [-0.4, -0.2) is 14.5 Å². The van der Waals surface area contributed by atoms with Gasteiger partial charge in [0.2, 0.25) is 10.0 Å². The van der Waals surface area contributed by atoms with Gasteiger partial charge < -0.3 is 0 Å². The molecule has 0 aliphatic heterocycles. The monoisotopic (exact) mass is 291 g/mol. The average Bonchev–Trinajstić information content (AvgIpc) is 2.80. The Morgan fingerprint density at radius 3 is 2.10 bits per heavy atom. The van der Waals surface area contributed by atoms with E-state index in [0.717, 1.165) is 17.2 Å². The molecule has 0 amide bonds. The Bertz CT molecular complexity index is 718. The van der Waals surface area contributed by atoms with Gasteiger partial charge in [0.25, 0.3) is 0 Å². The summed E-state index contributed by atoms with van der Waals surface area (Å²) >= 11 is 0. The summed E-state index contributed by atoms with van der Waals surface area (Å²) in [6, 6.07) is 13.1. The summed E-state index contributed by atoms with van der Waals surface area (Å²) in [5, 5.41) is 0. The first-order valence-electron chi connectivity index (χ1n) is 6.40. The minimum Gasteiger partial charge on any atom is -0.207 e. The molecule has 0 spiro atoms. The van der Waals surface area contributed by atoms with Crippen LogP contribution in [0.3, 0.4) is 0 Å². The summed E-state index contributed by atoms with van der Waals surface area (Å²) in [7, 11) is -3.82. The molecule has 0 fully saturated rings. The first kappa shape index (κ1) is 13.3. The lowest BCUT2D eigenvalue weighted by molar-refractivity contribution is 0.539. The molecule has 3 nitrogen and oxygen atoms in total. The van der Waals surface area contributed by atoms with Gasteiger partial charge in [-0.3, -0.25) is 0 Å². The second-order valence-corrected chi connectivity index (χ2v) is 6.61. The predicted octanol–water partition coefficient (Wildman–Crippen LogP) is 2.27. The molecule has 20 heavy (non-hydrogen) atoms. The Kier molecular flexibility index (Phi) is 3.31. The molecule has 3 rings (SSSR count). The molecule has 1 N–H and O–H groups in total. The third-order valence-electron chi connectivity index (χ3n) is 3.50. The van der Waals surface area contributed by atoms with E-state index in [4.69, 9.17) is 0 Å². The van der Waals surface area contributed by atoms with Crippen LogP contribution < -0.4 is 4.72 Å². The minimum absolute atomic E-state index is 0.211. The Labute approximate surface area is 117 Å². The molecule has 2 aromatic rings. The molecule has 0 aromatic heterocycles. The normalized spacial score (nSPS) is 15.2. The third-order valence-corrected chi connectivity index (χ3v) is 5.05. The maximum atomic E-state index is 13.6. The van der Waals surface area contributed by atoms with Crippen LogP contribution in [0.5, 0.6) is 0 Å². The van der Waals surface area contributed by atoms with E-state index in [9.17, 15) is 12.8 Å². The molecule has 0 heterocycles. The van der Waals surface area contributed by atoms with E-state index >= 15 is 0 Å². The van der Waals surface area contributed by atoms with Gasteiger partial charge in [-0.25, -0.2) is 17.5 Å². The van der Waals surface area contributed by atoms with E-state index in [1.54, 1.807) is 0 Å². The zero-order valence-electron chi connectivity index (χ0n) is 10.7. The molecule has 1 aliphatic carbocycles. The Morgan fingerprint density at radius 1 is 0.950 bits per heavy atom. The molecular formula is C15H14FNO2S. The van der Waals surface area contributed by atoms with Crippen LogP contribution in [-0.2, 0) is 22.9 Å². The molecule has 0 atom stereocenters. The predicted molar refractivity (Wildman–Crippen MR) is 74.4 cm³/mol. The third kappa shape index (κ3) is 2.46. The van der Waals surface area contributed by atoms with Crippen molar-refractivity contribution in [3.63, 3.8) is 0 Å². The number of fused-ring (bicyclic) bond motifs is 1. The smallest absolute Gasteiger partial charge is 0.207 e. The summed E-state index contributed by atoms with van der Waals surface area (Å²) in [5.74, 6) is -0.726. The van der Waals surface area contributed by atoms with Crippen molar-refractivity contribution in [2.75, 3.05) is 0 Å². The first-order valence-corrected chi connectivity index (χ1v) is 7.88. The molecule has 1 aliphatic rings. The highest BCUT2D eigenvalue weighted by Gasteiger charge is 2.27. The molecule has 2 aromatic carbocycles. The molecule has 0 radical (unpaired) electrons. The largest absolute Gasteiger partial charge is 0.243 e. The molecule has 0 unspecified atom stereocenters. The SMILES string of the molecule is O=S(=O)(NC1Cc2ccccc2C1)c1ccccc1F. The van der Waals surface area contributed by atoms with Crippen molar-refractivity contribution >= 4 is 10.0 Å². The highest BCUT2D eigenvalue weighted by atomic mass is 32.2. The van der Waals surface area contributed by atoms with Gasteiger partial charge in [0.05, 0.1) is 0 Å². The van der Waals surface area contributed by atoms with Crippen molar-refractivity contribution in [1.29, 1.82) is 0 Å². The van der Waals surface area contributed by atoms with Crippen LogP contribution in [0.25, 0.3) is 0 Å². The van der Waals surface area contributed by atoms with Crippen molar-refractivity contribution < 1.29 is 12.8 Å². The van der Waals surface area contributed by atoms with Gasteiger partial charge in [-0.05, 0) is 36.1 Å². The second kappa shape index (κ2) is 5.00. The topological polar surface area (TPSA) is 46.2 Å². The van der Waals surface area contributed by atoms with Gasteiger partial charge in [-0.15, -0.1) is 0 Å². The van der Waals surface area contributed by atoms with Crippen molar-refractivity contribution in [1.82, 2.24) is 4.72 Å². The fourth-order valence-electron chi connectivity index (χ4n) is 2.59. The molecule has 104 valence electrons. The summed E-state index contributed by atoms with van der Waals surface area (Å²) in [6.07, 6.45) is 1.29. The van der Waals surface area contributed by atoms with Gasteiger partial charge in [0.1, 0.15) is 10.7 Å². The van der Waals surface area contributed by atoms with E-state index < -0.39 is 15.8 Å². The number of hydrogen-bond donors (Lipinski definition) is 1. The average molecular weight is 291 g/mol. The van der Waals surface area contributed by atoms with E-state index in [0.29, 0.717) is 12.8 Å². The van der Waals surface area contributed by atoms with Crippen molar-refractivity contribution in [2.45, 2.75) is 23.8 Å². The first-order chi connectivity index (χ1) is 9.56. The van der Waals surface area contributed by atoms with Crippen LogP contribution in [0.1, 0.15) is 11.1 Å². The van der Waals surface area contributed by atoms with Gasteiger partial charge in [-0.1, -0.05) is 36.4 Å². The number of halogens is 1. The summed E-state index contributed by atoms with van der Waals surface area (Å²) in [5.41, 5.74) is 2.29. The quantitative estimate of drug-likeness (QED) is 0.943. The van der Waals surface area contributed by atoms with Crippen LogP contribution in [0.15, 0.2) is 53.4 Å². The molecule has 0 saturated heterocycles. The molecule has 0 bridgehead atoms. The number of hydrogen-bond acceptors (Lipinski definition) is 2. The lowest BCUT2D eigenvalue weighted by Crippen LogP contribution is -2.35. The van der Waals surface area contributed by atoms with Crippen LogP contribution >= 0.6 is 0 Å². The summed E-state index contributed by atoms with van der Waals surface area (Å²) in [6.45, 7) is 0. The second-order valence-electron chi connectivity index (χ2n) is 4.93. The maximum absolute atomic E-state index is 13.6. The minimum atomic E-state index is -3.82. The highest BCUT2D eigenvalue weighted by Crippen LogP contribution is 2.23.